The Labute approximate surface area is 100 Å². The van der Waals surface area contributed by atoms with Gasteiger partial charge in [-0.25, -0.2) is 0 Å². The number of rotatable bonds is 3. The summed E-state index contributed by atoms with van der Waals surface area (Å²) in [6.45, 7) is 0.541. The molecule has 0 bridgehead atoms. The highest BCUT2D eigenvalue weighted by atomic mass is 16.2. The second kappa shape index (κ2) is 5.48. The highest BCUT2D eigenvalue weighted by molar-refractivity contribution is 5.80. The van der Waals surface area contributed by atoms with Gasteiger partial charge in [-0.1, -0.05) is 30.3 Å². The van der Waals surface area contributed by atoms with Crippen molar-refractivity contribution in [2.75, 3.05) is 6.54 Å². The molecule has 1 aromatic rings. The number of nitrogens with one attached hydrogen (secondary N) is 2. The molecule has 1 aliphatic rings. The lowest BCUT2D eigenvalue weighted by Gasteiger charge is -2.23. The number of carbonyl (C=O) groups excluding carboxylic acids is 2. The van der Waals surface area contributed by atoms with Crippen LogP contribution in [-0.2, 0) is 16.0 Å². The van der Waals surface area contributed by atoms with E-state index in [1.807, 2.05) is 30.3 Å². The lowest BCUT2D eigenvalue weighted by molar-refractivity contribution is -0.125. The summed E-state index contributed by atoms with van der Waals surface area (Å²) in [7, 11) is 0. The Balaban J connectivity index is 1.80. The zero-order chi connectivity index (χ0) is 12.1. The number of piperidine rings is 1. The molecule has 1 saturated heterocycles. The number of carbonyl (C=O) groups is 2. The molecule has 2 rings (SSSR count). The third-order valence-corrected chi connectivity index (χ3v) is 2.84. The molecule has 0 saturated carbocycles. The van der Waals surface area contributed by atoms with Crippen LogP contribution < -0.4 is 10.6 Å². The molecule has 1 heterocycles. The SMILES string of the molecule is O=C1CCC(NC(=O)Cc2ccccc2)CN1. The fourth-order valence-corrected chi connectivity index (χ4v) is 1.92. The molecule has 4 nitrogen and oxygen atoms in total. The van der Waals surface area contributed by atoms with Gasteiger partial charge in [0.25, 0.3) is 0 Å². The molecule has 1 aliphatic heterocycles. The molecule has 1 aromatic carbocycles. The summed E-state index contributed by atoms with van der Waals surface area (Å²) in [5.41, 5.74) is 1.00. The van der Waals surface area contributed by atoms with Crippen molar-refractivity contribution < 1.29 is 9.59 Å². The van der Waals surface area contributed by atoms with Gasteiger partial charge >= 0.3 is 0 Å². The maximum Gasteiger partial charge on any atom is 0.224 e. The van der Waals surface area contributed by atoms with Crippen molar-refractivity contribution in [1.29, 1.82) is 0 Å². The molecule has 0 aliphatic carbocycles. The van der Waals surface area contributed by atoms with E-state index in [2.05, 4.69) is 10.6 Å². The molecule has 0 spiro atoms. The summed E-state index contributed by atoms with van der Waals surface area (Å²) in [5, 5.41) is 5.68. The van der Waals surface area contributed by atoms with E-state index in [4.69, 9.17) is 0 Å². The first-order valence-corrected chi connectivity index (χ1v) is 5.84. The average molecular weight is 232 g/mol. The van der Waals surface area contributed by atoms with Crippen molar-refractivity contribution >= 4 is 11.8 Å². The van der Waals surface area contributed by atoms with Crippen LogP contribution in [0.25, 0.3) is 0 Å². The fraction of sp³-hybridized carbons (Fsp3) is 0.385. The minimum atomic E-state index is 0.0114. The van der Waals surface area contributed by atoms with Gasteiger partial charge < -0.3 is 10.6 Å². The second-order valence-electron chi connectivity index (χ2n) is 4.27. The van der Waals surface area contributed by atoms with Gasteiger partial charge in [0.05, 0.1) is 6.42 Å². The Hall–Kier alpha value is -1.84. The summed E-state index contributed by atoms with van der Waals surface area (Å²) in [5.74, 6) is 0.0795. The Morgan fingerprint density at radius 1 is 1.35 bits per heavy atom. The minimum absolute atomic E-state index is 0.0114. The van der Waals surface area contributed by atoms with Crippen LogP contribution in [0.3, 0.4) is 0 Å². The first kappa shape index (κ1) is 11.6. The topological polar surface area (TPSA) is 58.2 Å². The van der Waals surface area contributed by atoms with E-state index in [9.17, 15) is 9.59 Å². The first-order chi connectivity index (χ1) is 8.24. The van der Waals surface area contributed by atoms with Gasteiger partial charge in [-0.05, 0) is 12.0 Å². The maximum absolute atomic E-state index is 11.7. The standard InChI is InChI=1S/C13H16N2O2/c16-12-7-6-11(9-14-12)15-13(17)8-10-4-2-1-3-5-10/h1-5,11H,6-9H2,(H,14,16)(H,15,17). The summed E-state index contributed by atoms with van der Waals surface area (Å²) >= 11 is 0. The summed E-state index contributed by atoms with van der Waals surface area (Å²) in [4.78, 5) is 22.7. The van der Waals surface area contributed by atoms with Crippen molar-refractivity contribution in [3.8, 4) is 0 Å². The van der Waals surface area contributed by atoms with E-state index in [1.165, 1.54) is 0 Å². The molecule has 2 amide bonds. The molecule has 90 valence electrons. The fourth-order valence-electron chi connectivity index (χ4n) is 1.92. The van der Waals surface area contributed by atoms with E-state index in [0.717, 1.165) is 12.0 Å². The smallest absolute Gasteiger partial charge is 0.224 e. The highest BCUT2D eigenvalue weighted by Gasteiger charge is 2.19. The van der Waals surface area contributed by atoms with Crippen LogP contribution in [0.4, 0.5) is 0 Å². The lowest BCUT2D eigenvalue weighted by Crippen LogP contribution is -2.48. The van der Waals surface area contributed by atoms with Crippen molar-refractivity contribution in [2.45, 2.75) is 25.3 Å². The second-order valence-corrected chi connectivity index (χ2v) is 4.27. The number of hydrogen-bond acceptors (Lipinski definition) is 2. The number of benzene rings is 1. The Morgan fingerprint density at radius 3 is 2.76 bits per heavy atom. The molecule has 0 radical (unpaired) electrons. The van der Waals surface area contributed by atoms with Crippen LogP contribution in [-0.4, -0.2) is 24.4 Å². The molecule has 1 fully saturated rings. The Morgan fingerprint density at radius 2 is 2.12 bits per heavy atom. The number of hydrogen-bond donors (Lipinski definition) is 2. The van der Waals surface area contributed by atoms with Gasteiger partial charge in [-0.2, -0.15) is 0 Å². The van der Waals surface area contributed by atoms with Crippen molar-refractivity contribution in [1.82, 2.24) is 10.6 Å². The van der Waals surface area contributed by atoms with E-state index < -0.39 is 0 Å². The molecule has 17 heavy (non-hydrogen) atoms. The average Bonchev–Trinajstić information content (AvgIpc) is 2.33. The predicted octanol–water partition coefficient (Wildman–Crippen LogP) is 0.624. The summed E-state index contributed by atoms with van der Waals surface area (Å²) < 4.78 is 0. The molecule has 0 aromatic heterocycles. The van der Waals surface area contributed by atoms with Crippen LogP contribution in [0.5, 0.6) is 0 Å². The van der Waals surface area contributed by atoms with Crippen molar-refractivity contribution in [3.05, 3.63) is 35.9 Å². The summed E-state index contributed by atoms with van der Waals surface area (Å²) in [6.07, 6.45) is 1.62. The molecule has 1 atom stereocenters. The van der Waals surface area contributed by atoms with E-state index in [-0.39, 0.29) is 17.9 Å². The van der Waals surface area contributed by atoms with Gasteiger partial charge in [0.2, 0.25) is 11.8 Å². The summed E-state index contributed by atoms with van der Waals surface area (Å²) in [6, 6.07) is 9.71. The van der Waals surface area contributed by atoms with Crippen LogP contribution >= 0.6 is 0 Å². The van der Waals surface area contributed by atoms with Gasteiger partial charge in [-0.15, -0.1) is 0 Å². The largest absolute Gasteiger partial charge is 0.354 e. The van der Waals surface area contributed by atoms with Gasteiger partial charge in [0.1, 0.15) is 0 Å². The lowest BCUT2D eigenvalue weighted by atomic mass is 10.1. The third-order valence-electron chi connectivity index (χ3n) is 2.84. The highest BCUT2D eigenvalue weighted by Crippen LogP contribution is 2.04. The van der Waals surface area contributed by atoms with E-state index in [1.54, 1.807) is 0 Å². The first-order valence-electron chi connectivity index (χ1n) is 5.84. The van der Waals surface area contributed by atoms with Gasteiger partial charge in [0.15, 0.2) is 0 Å². The van der Waals surface area contributed by atoms with Crippen molar-refractivity contribution in [3.63, 3.8) is 0 Å². The Kier molecular flexibility index (Phi) is 3.75. The van der Waals surface area contributed by atoms with Crippen LogP contribution in [0.1, 0.15) is 18.4 Å². The molecular formula is C13H16N2O2. The normalized spacial score (nSPS) is 19.5. The monoisotopic (exact) mass is 232 g/mol. The zero-order valence-electron chi connectivity index (χ0n) is 9.61. The molecular weight excluding hydrogens is 216 g/mol. The quantitative estimate of drug-likeness (QED) is 0.802. The minimum Gasteiger partial charge on any atom is -0.354 e. The third kappa shape index (κ3) is 3.59. The number of amides is 2. The Bertz CT molecular complexity index is 393. The van der Waals surface area contributed by atoms with Crippen LogP contribution in [0, 0.1) is 0 Å². The zero-order valence-corrected chi connectivity index (χ0v) is 9.61. The van der Waals surface area contributed by atoms with Gasteiger partial charge in [-0.3, -0.25) is 9.59 Å². The van der Waals surface area contributed by atoms with Crippen LogP contribution in [0.15, 0.2) is 30.3 Å². The van der Waals surface area contributed by atoms with Crippen LogP contribution in [0.2, 0.25) is 0 Å². The van der Waals surface area contributed by atoms with E-state index >= 15 is 0 Å². The van der Waals surface area contributed by atoms with Crippen molar-refractivity contribution in [2.24, 2.45) is 0 Å². The predicted molar refractivity (Wildman–Crippen MR) is 64.3 cm³/mol. The maximum atomic E-state index is 11.7. The molecule has 2 N–H and O–H groups in total. The van der Waals surface area contributed by atoms with E-state index in [0.29, 0.717) is 19.4 Å². The molecule has 1 unspecified atom stereocenters. The van der Waals surface area contributed by atoms with Gasteiger partial charge in [0, 0.05) is 19.0 Å². The molecule has 4 heteroatoms.